The minimum atomic E-state index is -0.288. The Hall–Kier alpha value is -6.84. The Kier molecular flexibility index (Phi) is 6.60. The Labute approximate surface area is 314 Å². The van der Waals surface area contributed by atoms with Crippen LogP contribution in [0.5, 0.6) is 11.5 Å². The van der Waals surface area contributed by atoms with Gasteiger partial charge in [0.2, 0.25) is 0 Å². The van der Waals surface area contributed by atoms with Gasteiger partial charge in [-0.05, 0) is 103 Å². The van der Waals surface area contributed by atoms with Crippen molar-refractivity contribution in [1.29, 1.82) is 0 Å². The maximum Gasteiger partial charge on any atom is 0.153 e. The van der Waals surface area contributed by atoms with E-state index in [1.54, 1.807) is 0 Å². The third kappa shape index (κ3) is 4.48. The van der Waals surface area contributed by atoms with E-state index in [0.717, 1.165) is 39.9 Å². The van der Waals surface area contributed by atoms with Crippen molar-refractivity contribution in [2.75, 3.05) is 9.80 Å². The standard InChI is InChI=1S/C51H36N2O/c1-51(2)44-20-10-11-21-46(44)53-47-22-12-13-23-48(47)54-49-32-37(31-45(51)50(49)53)52(35-26-24-34(25-27-35)33-14-4-3-5-15-33)36-28-29-42-40-18-7-6-16-38(40)39-17-8-9-19-41(39)43(42)30-36/h3-32H,1-2H3. The summed E-state index contributed by atoms with van der Waals surface area (Å²) in [5.41, 5.74) is 11.2. The molecule has 11 rings (SSSR count). The molecule has 0 bridgehead atoms. The number of rotatable bonds is 4. The molecule has 0 N–H and O–H groups in total. The zero-order valence-electron chi connectivity index (χ0n) is 30.1. The molecule has 9 aromatic carbocycles. The van der Waals surface area contributed by atoms with Crippen LogP contribution in [0, 0.1) is 0 Å². The monoisotopic (exact) mass is 692 g/mol. The fraction of sp³-hybridized carbons (Fsp3) is 0.0588. The molecule has 0 unspecified atom stereocenters. The average Bonchev–Trinajstić information content (AvgIpc) is 3.23. The van der Waals surface area contributed by atoms with Crippen molar-refractivity contribution in [1.82, 2.24) is 0 Å². The van der Waals surface area contributed by atoms with Gasteiger partial charge < -0.3 is 14.5 Å². The van der Waals surface area contributed by atoms with E-state index in [1.807, 2.05) is 0 Å². The fourth-order valence-corrected chi connectivity index (χ4v) is 8.98. The second-order valence-corrected chi connectivity index (χ2v) is 15.0. The van der Waals surface area contributed by atoms with Gasteiger partial charge in [0, 0.05) is 22.9 Å². The normalized spacial score (nSPS) is 13.6. The van der Waals surface area contributed by atoms with Crippen LogP contribution in [0.2, 0.25) is 0 Å². The van der Waals surface area contributed by atoms with Gasteiger partial charge in [-0.2, -0.15) is 0 Å². The van der Waals surface area contributed by atoms with Gasteiger partial charge in [-0.3, -0.25) is 0 Å². The van der Waals surface area contributed by atoms with Gasteiger partial charge in [-0.1, -0.05) is 141 Å². The van der Waals surface area contributed by atoms with Crippen LogP contribution in [0.1, 0.15) is 25.0 Å². The Balaban J connectivity index is 1.18. The predicted molar refractivity (Wildman–Crippen MR) is 226 cm³/mol. The minimum absolute atomic E-state index is 0.288. The van der Waals surface area contributed by atoms with Gasteiger partial charge in [0.15, 0.2) is 11.5 Å². The topological polar surface area (TPSA) is 15.7 Å². The number of nitrogens with zero attached hydrogens (tertiary/aromatic N) is 2. The van der Waals surface area contributed by atoms with Gasteiger partial charge in [-0.15, -0.1) is 0 Å². The smallest absolute Gasteiger partial charge is 0.153 e. The van der Waals surface area contributed by atoms with Gasteiger partial charge >= 0.3 is 0 Å². The number of para-hydroxylation sites is 3. The Morgan fingerprint density at radius 2 is 0.963 bits per heavy atom. The number of fused-ring (bicyclic) bond motifs is 10. The molecule has 0 aromatic heterocycles. The van der Waals surface area contributed by atoms with E-state index in [0.29, 0.717) is 0 Å². The Morgan fingerprint density at radius 1 is 0.407 bits per heavy atom. The summed E-state index contributed by atoms with van der Waals surface area (Å²) in [6.45, 7) is 4.69. The minimum Gasteiger partial charge on any atom is -0.453 e. The van der Waals surface area contributed by atoms with Crippen LogP contribution in [0.3, 0.4) is 0 Å². The lowest BCUT2D eigenvalue weighted by molar-refractivity contribution is 0.471. The summed E-state index contributed by atoms with van der Waals surface area (Å²) in [6.07, 6.45) is 0. The molecule has 0 aliphatic carbocycles. The first-order chi connectivity index (χ1) is 26.5. The number of ether oxygens (including phenoxy) is 1. The molecule has 256 valence electrons. The van der Waals surface area contributed by atoms with Crippen LogP contribution >= 0.6 is 0 Å². The zero-order chi connectivity index (χ0) is 36.0. The highest BCUT2D eigenvalue weighted by Gasteiger charge is 2.42. The van der Waals surface area contributed by atoms with Crippen LogP contribution in [0.4, 0.5) is 34.1 Å². The second kappa shape index (κ2) is 11.6. The van der Waals surface area contributed by atoms with Gasteiger partial charge in [0.1, 0.15) is 0 Å². The summed E-state index contributed by atoms with van der Waals surface area (Å²) in [6, 6.07) is 65.9. The Bertz CT molecular complexity index is 2910. The summed E-state index contributed by atoms with van der Waals surface area (Å²) in [5.74, 6) is 1.71. The molecule has 0 amide bonds. The largest absolute Gasteiger partial charge is 0.453 e. The highest BCUT2D eigenvalue weighted by atomic mass is 16.5. The molecule has 0 atom stereocenters. The van der Waals surface area contributed by atoms with Gasteiger partial charge in [-0.25, -0.2) is 0 Å². The first-order valence-corrected chi connectivity index (χ1v) is 18.7. The maximum absolute atomic E-state index is 6.88. The molecule has 54 heavy (non-hydrogen) atoms. The highest BCUT2D eigenvalue weighted by molar-refractivity contribution is 6.25. The number of anilines is 6. The van der Waals surface area contributed by atoms with E-state index in [9.17, 15) is 0 Å². The third-order valence-corrected chi connectivity index (χ3v) is 11.6. The SMILES string of the molecule is CC1(C)c2ccccc2N2c3ccccc3Oc3cc(N(c4ccc(-c5ccccc5)cc4)c4ccc5c6ccccc6c6ccccc6c5c4)cc1c32. The molecule has 0 spiro atoms. The molecule has 2 heterocycles. The summed E-state index contributed by atoms with van der Waals surface area (Å²) < 4.78 is 6.88. The van der Waals surface area contributed by atoms with Crippen molar-refractivity contribution in [3.63, 3.8) is 0 Å². The summed E-state index contributed by atoms with van der Waals surface area (Å²) in [7, 11) is 0. The summed E-state index contributed by atoms with van der Waals surface area (Å²) in [4.78, 5) is 4.81. The van der Waals surface area contributed by atoms with Crippen LogP contribution in [0.25, 0.3) is 43.4 Å². The van der Waals surface area contributed by atoms with Crippen LogP contribution < -0.4 is 14.5 Å². The van der Waals surface area contributed by atoms with Crippen molar-refractivity contribution < 1.29 is 4.74 Å². The van der Waals surface area contributed by atoms with E-state index < -0.39 is 0 Å². The zero-order valence-corrected chi connectivity index (χ0v) is 30.1. The fourth-order valence-electron chi connectivity index (χ4n) is 8.98. The Morgan fingerprint density at radius 3 is 1.69 bits per heavy atom. The van der Waals surface area contributed by atoms with E-state index in [4.69, 9.17) is 4.74 Å². The molecule has 0 saturated carbocycles. The van der Waals surface area contributed by atoms with Crippen molar-refractivity contribution >= 4 is 66.4 Å². The van der Waals surface area contributed by atoms with E-state index in [1.165, 1.54) is 60.3 Å². The molecule has 9 aromatic rings. The van der Waals surface area contributed by atoms with E-state index in [-0.39, 0.29) is 5.41 Å². The molecular weight excluding hydrogens is 657 g/mol. The van der Waals surface area contributed by atoms with E-state index >= 15 is 0 Å². The lowest BCUT2D eigenvalue weighted by atomic mass is 9.73. The van der Waals surface area contributed by atoms with Gasteiger partial charge in [0.05, 0.1) is 22.7 Å². The predicted octanol–water partition coefficient (Wildman–Crippen LogP) is 14.5. The lowest BCUT2D eigenvalue weighted by Gasteiger charge is -2.45. The second-order valence-electron chi connectivity index (χ2n) is 15.0. The van der Waals surface area contributed by atoms with E-state index in [2.05, 4.69) is 206 Å². The number of hydrogen-bond donors (Lipinski definition) is 0. The lowest BCUT2D eigenvalue weighted by Crippen LogP contribution is -2.32. The molecular formula is C51H36N2O. The number of hydrogen-bond acceptors (Lipinski definition) is 3. The van der Waals surface area contributed by atoms with Crippen LogP contribution in [-0.4, -0.2) is 0 Å². The molecule has 2 aliphatic heterocycles. The first kappa shape index (κ1) is 30.8. The first-order valence-electron chi connectivity index (χ1n) is 18.7. The van der Waals surface area contributed by atoms with Crippen molar-refractivity contribution in [2.24, 2.45) is 0 Å². The quantitative estimate of drug-likeness (QED) is 0.171. The molecule has 3 heteroatoms. The van der Waals surface area contributed by atoms with Crippen molar-refractivity contribution in [2.45, 2.75) is 19.3 Å². The number of benzene rings is 9. The van der Waals surface area contributed by atoms with Gasteiger partial charge in [0.25, 0.3) is 0 Å². The van der Waals surface area contributed by atoms with Crippen molar-refractivity contribution in [3.8, 4) is 22.6 Å². The highest BCUT2D eigenvalue weighted by Crippen LogP contribution is 2.61. The summed E-state index contributed by atoms with van der Waals surface area (Å²) >= 11 is 0. The third-order valence-electron chi connectivity index (χ3n) is 11.6. The van der Waals surface area contributed by atoms with Crippen molar-refractivity contribution in [3.05, 3.63) is 193 Å². The van der Waals surface area contributed by atoms with Crippen LogP contribution in [0.15, 0.2) is 182 Å². The molecule has 2 aliphatic rings. The molecule has 0 fully saturated rings. The molecule has 0 radical (unpaired) electrons. The summed E-state index contributed by atoms with van der Waals surface area (Å²) in [5, 5.41) is 7.55. The maximum atomic E-state index is 6.88. The molecule has 3 nitrogen and oxygen atoms in total. The molecule has 0 saturated heterocycles. The van der Waals surface area contributed by atoms with Crippen LogP contribution in [-0.2, 0) is 5.41 Å². The average molecular weight is 693 g/mol.